The van der Waals surface area contributed by atoms with Crippen LogP contribution in [0.3, 0.4) is 0 Å². The Morgan fingerprint density at radius 3 is 2.33 bits per heavy atom. The van der Waals surface area contributed by atoms with E-state index in [-0.39, 0.29) is 5.41 Å². The maximum atomic E-state index is 8.61. The van der Waals surface area contributed by atoms with Crippen LogP contribution in [-0.4, -0.2) is 5.88 Å². The van der Waals surface area contributed by atoms with Crippen LogP contribution < -0.4 is 0 Å². The lowest BCUT2D eigenvalue weighted by molar-refractivity contribution is 0.412. The molecule has 0 spiro atoms. The first kappa shape index (κ1) is 8.78. The number of halogens is 1. The van der Waals surface area contributed by atoms with E-state index >= 15 is 0 Å². The van der Waals surface area contributed by atoms with Crippen molar-refractivity contribution in [3.05, 3.63) is 0 Å². The quantitative estimate of drug-likeness (QED) is 0.560. The molecule has 1 nitrogen and oxygen atoms in total. The summed E-state index contributed by atoms with van der Waals surface area (Å²) in [5, 5.41) is 8.61. The fraction of sp³-hybridized carbons (Fsp3) is 0.857. The Balaban J connectivity index is 3.81. The number of alkyl halides is 1. The Morgan fingerprint density at radius 2 is 2.22 bits per heavy atom. The summed E-state index contributed by atoms with van der Waals surface area (Å²) in [7, 11) is 0. The minimum Gasteiger partial charge on any atom is -0.198 e. The van der Waals surface area contributed by atoms with Crippen molar-refractivity contribution in [1.82, 2.24) is 0 Å². The van der Waals surface area contributed by atoms with Crippen LogP contribution >= 0.6 is 11.6 Å². The molecule has 0 heterocycles. The van der Waals surface area contributed by atoms with Crippen molar-refractivity contribution in [2.45, 2.75) is 26.7 Å². The molecule has 0 radical (unpaired) electrons. The topological polar surface area (TPSA) is 23.8 Å². The second kappa shape index (κ2) is 3.74. The highest BCUT2D eigenvalue weighted by atomic mass is 35.5. The van der Waals surface area contributed by atoms with Gasteiger partial charge in [-0.3, -0.25) is 0 Å². The monoisotopic (exact) mass is 145 g/mol. The molecule has 0 bridgehead atoms. The van der Waals surface area contributed by atoms with Crippen molar-refractivity contribution < 1.29 is 0 Å². The van der Waals surface area contributed by atoms with Crippen molar-refractivity contribution >= 4 is 11.6 Å². The SMILES string of the molecule is CCC(C)(C#N)CCCl. The van der Waals surface area contributed by atoms with Crippen LogP contribution in [0.25, 0.3) is 0 Å². The molecule has 0 aliphatic heterocycles. The van der Waals surface area contributed by atoms with Gasteiger partial charge < -0.3 is 0 Å². The minimum absolute atomic E-state index is 0.193. The molecule has 0 aliphatic carbocycles. The standard InChI is InChI=1S/C7H12ClN/c1-3-7(2,6-9)4-5-8/h3-5H2,1-2H3. The molecule has 2 heteroatoms. The molecule has 0 aromatic heterocycles. The van der Waals surface area contributed by atoms with E-state index in [0.29, 0.717) is 5.88 Å². The molecule has 1 unspecified atom stereocenters. The summed E-state index contributed by atoms with van der Waals surface area (Å²) in [6.45, 7) is 3.95. The van der Waals surface area contributed by atoms with Gasteiger partial charge in [-0.25, -0.2) is 0 Å². The summed E-state index contributed by atoms with van der Waals surface area (Å²) < 4.78 is 0. The lowest BCUT2D eigenvalue weighted by Crippen LogP contribution is -2.12. The Labute approximate surface area is 61.6 Å². The molecule has 1 atom stereocenters. The summed E-state index contributed by atoms with van der Waals surface area (Å²) in [6.07, 6.45) is 1.68. The fourth-order valence-corrected chi connectivity index (χ4v) is 0.937. The highest BCUT2D eigenvalue weighted by Gasteiger charge is 2.19. The largest absolute Gasteiger partial charge is 0.198 e. The van der Waals surface area contributed by atoms with Gasteiger partial charge in [-0.05, 0) is 19.8 Å². The zero-order valence-electron chi connectivity index (χ0n) is 5.95. The molecular weight excluding hydrogens is 134 g/mol. The second-order valence-corrected chi connectivity index (χ2v) is 2.84. The zero-order chi connectivity index (χ0) is 7.33. The van der Waals surface area contributed by atoms with Crippen LogP contribution in [0.5, 0.6) is 0 Å². The molecule has 0 rings (SSSR count). The molecule has 0 aromatic carbocycles. The average Bonchev–Trinajstić information content (AvgIpc) is 1.89. The van der Waals surface area contributed by atoms with E-state index in [1.54, 1.807) is 0 Å². The Morgan fingerprint density at radius 1 is 1.67 bits per heavy atom. The molecule has 0 saturated carbocycles. The number of hydrogen-bond donors (Lipinski definition) is 0. The summed E-state index contributed by atoms with van der Waals surface area (Å²) >= 11 is 5.49. The van der Waals surface area contributed by atoms with Gasteiger partial charge in [0.2, 0.25) is 0 Å². The summed E-state index contributed by atoms with van der Waals surface area (Å²) in [5.74, 6) is 0.581. The molecule has 0 saturated heterocycles. The first-order chi connectivity index (χ1) is 4.18. The van der Waals surface area contributed by atoms with Gasteiger partial charge >= 0.3 is 0 Å². The van der Waals surface area contributed by atoms with Crippen molar-refractivity contribution in [1.29, 1.82) is 5.26 Å². The summed E-state index contributed by atoms with van der Waals surface area (Å²) in [4.78, 5) is 0. The highest BCUT2D eigenvalue weighted by molar-refractivity contribution is 6.17. The van der Waals surface area contributed by atoms with Gasteiger partial charge in [0.15, 0.2) is 0 Å². The van der Waals surface area contributed by atoms with Crippen molar-refractivity contribution in [3.63, 3.8) is 0 Å². The molecule has 0 aliphatic rings. The van der Waals surface area contributed by atoms with E-state index in [4.69, 9.17) is 16.9 Å². The van der Waals surface area contributed by atoms with Crippen LogP contribution in [0.4, 0.5) is 0 Å². The second-order valence-electron chi connectivity index (χ2n) is 2.46. The molecule has 0 aromatic rings. The maximum absolute atomic E-state index is 8.61. The van der Waals surface area contributed by atoms with E-state index in [1.807, 2.05) is 13.8 Å². The van der Waals surface area contributed by atoms with E-state index in [2.05, 4.69) is 6.07 Å². The molecule has 0 fully saturated rings. The average molecular weight is 146 g/mol. The van der Waals surface area contributed by atoms with Gasteiger partial charge in [0.05, 0.1) is 11.5 Å². The normalized spacial score (nSPS) is 16.2. The van der Waals surface area contributed by atoms with Crippen molar-refractivity contribution in [2.75, 3.05) is 5.88 Å². The number of rotatable bonds is 3. The van der Waals surface area contributed by atoms with Crippen LogP contribution in [0, 0.1) is 16.7 Å². The van der Waals surface area contributed by atoms with Gasteiger partial charge in [-0.2, -0.15) is 5.26 Å². The zero-order valence-corrected chi connectivity index (χ0v) is 6.70. The Bertz CT molecular complexity index is 117. The van der Waals surface area contributed by atoms with Crippen LogP contribution in [0.15, 0.2) is 0 Å². The van der Waals surface area contributed by atoms with Crippen LogP contribution in [0.2, 0.25) is 0 Å². The van der Waals surface area contributed by atoms with E-state index < -0.39 is 0 Å². The fourth-order valence-electron chi connectivity index (χ4n) is 0.520. The smallest absolute Gasteiger partial charge is 0.0687 e. The number of hydrogen-bond acceptors (Lipinski definition) is 1. The van der Waals surface area contributed by atoms with Crippen LogP contribution in [0.1, 0.15) is 26.7 Å². The summed E-state index contributed by atoms with van der Waals surface area (Å²) in [5.41, 5.74) is -0.193. The highest BCUT2D eigenvalue weighted by Crippen LogP contribution is 2.24. The third kappa shape index (κ3) is 2.72. The van der Waals surface area contributed by atoms with Gasteiger partial charge in [-0.1, -0.05) is 6.92 Å². The minimum atomic E-state index is -0.193. The van der Waals surface area contributed by atoms with Crippen molar-refractivity contribution in [3.8, 4) is 6.07 Å². The summed E-state index contributed by atoms with van der Waals surface area (Å²) in [6, 6.07) is 2.24. The maximum Gasteiger partial charge on any atom is 0.0687 e. The molecule has 52 valence electrons. The third-order valence-corrected chi connectivity index (χ3v) is 1.89. The predicted molar refractivity (Wildman–Crippen MR) is 39.3 cm³/mol. The first-order valence-electron chi connectivity index (χ1n) is 3.16. The molecule has 0 N–H and O–H groups in total. The number of nitriles is 1. The van der Waals surface area contributed by atoms with E-state index in [0.717, 1.165) is 12.8 Å². The Kier molecular flexibility index (Phi) is 3.65. The molecular formula is C7H12ClN. The van der Waals surface area contributed by atoms with Gasteiger partial charge in [0.25, 0.3) is 0 Å². The van der Waals surface area contributed by atoms with E-state index in [9.17, 15) is 0 Å². The van der Waals surface area contributed by atoms with Gasteiger partial charge in [-0.15, -0.1) is 11.6 Å². The Hall–Kier alpha value is -0.220. The lowest BCUT2D eigenvalue weighted by atomic mass is 9.87. The predicted octanol–water partition coefficient (Wildman–Crippen LogP) is 2.56. The van der Waals surface area contributed by atoms with E-state index in [1.165, 1.54) is 0 Å². The third-order valence-electron chi connectivity index (χ3n) is 1.70. The first-order valence-corrected chi connectivity index (χ1v) is 3.69. The molecule has 0 amide bonds. The lowest BCUT2D eigenvalue weighted by Gasteiger charge is -2.16. The van der Waals surface area contributed by atoms with Crippen LogP contribution in [-0.2, 0) is 0 Å². The van der Waals surface area contributed by atoms with Crippen molar-refractivity contribution in [2.24, 2.45) is 5.41 Å². The number of nitrogens with zero attached hydrogens (tertiary/aromatic N) is 1. The molecule has 9 heavy (non-hydrogen) atoms. The van der Waals surface area contributed by atoms with Gasteiger partial charge in [0, 0.05) is 5.88 Å². The van der Waals surface area contributed by atoms with Gasteiger partial charge in [0.1, 0.15) is 0 Å².